The summed E-state index contributed by atoms with van der Waals surface area (Å²) >= 11 is 0. The van der Waals surface area contributed by atoms with Crippen LogP contribution in [0.2, 0.25) is 0 Å². The molecule has 0 radical (unpaired) electrons. The van der Waals surface area contributed by atoms with Crippen LogP contribution in [-0.2, 0) is 10.2 Å². The third-order valence-corrected chi connectivity index (χ3v) is 6.23. The lowest BCUT2D eigenvalue weighted by molar-refractivity contribution is 0.0130. The maximum atomic E-state index is 12.8. The number of anilines is 1. The van der Waals surface area contributed by atoms with Crippen LogP contribution < -0.4 is 4.90 Å². The van der Waals surface area contributed by atoms with Crippen molar-refractivity contribution in [3.8, 4) is 12.0 Å². The number of hydrogen-bond donors (Lipinski definition) is 0. The third kappa shape index (κ3) is 4.83. The normalized spacial score (nSPS) is 18.9. The number of nitrogens with zero attached hydrogens (tertiary/aromatic N) is 8. The number of ether oxygens (including phenoxy) is 1. The molecule has 4 rings (SSSR count). The summed E-state index contributed by atoms with van der Waals surface area (Å²) in [5, 5.41) is 10.2. The van der Waals surface area contributed by atoms with Gasteiger partial charge in [-0.15, -0.1) is 0 Å². The lowest BCUT2D eigenvalue weighted by atomic mass is 9.87. The molecule has 2 atom stereocenters. The van der Waals surface area contributed by atoms with E-state index in [1.165, 1.54) is 0 Å². The van der Waals surface area contributed by atoms with Crippen molar-refractivity contribution in [2.45, 2.75) is 78.5 Å². The molecule has 1 saturated heterocycles. The number of piperazine rings is 1. The van der Waals surface area contributed by atoms with E-state index in [-0.39, 0.29) is 29.3 Å². The molecule has 1 aliphatic heterocycles. The second-order valence-corrected chi connectivity index (χ2v) is 11.4. The van der Waals surface area contributed by atoms with Crippen LogP contribution in [0.25, 0.3) is 17.0 Å². The van der Waals surface area contributed by atoms with Gasteiger partial charge in [-0.2, -0.15) is 5.26 Å². The predicted octanol–water partition coefficient (Wildman–Crippen LogP) is 4.21. The molecule has 0 saturated carbocycles. The zero-order valence-corrected chi connectivity index (χ0v) is 22.3. The van der Waals surface area contributed by atoms with Crippen LogP contribution in [-0.4, -0.2) is 66.3 Å². The highest BCUT2D eigenvalue weighted by molar-refractivity contribution is 5.93. The Morgan fingerprint density at radius 2 is 1.81 bits per heavy atom. The number of hydrogen-bond acceptors (Lipinski definition) is 8. The van der Waals surface area contributed by atoms with E-state index in [4.69, 9.17) is 9.72 Å². The maximum absolute atomic E-state index is 12.8. The molecule has 1 fully saturated rings. The fourth-order valence-corrected chi connectivity index (χ4v) is 4.51. The monoisotopic (exact) mass is 490 g/mol. The van der Waals surface area contributed by atoms with Crippen LogP contribution in [0.4, 0.5) is 10.6 Å². The van der Waals surface area contributed by atoms with Crippen molar-refractivity contribution in [3.05, 3.63) is 36.0 Å². The van der Waals surface area contributed by atoms with Gasteiger partial charge in [0, 0.05) is 37.6 Å². The number of amides is 1. The minimum atomic E-state index is -0.550. The summed E-state index contributed by atoms with van der Waals surface area (Å²) < 4.78 is 7.47. The van der Waals surface area contributed by atoms with E-state index in [1.807, 2.05) is 38.5 Å². The Balaban J connectivity index is 1.79. The molecule has 1 unspecified atom stereocenters. The maximum Gasteiger partial charge on any atom is 0.410 e. The Bertz CT molecular complexity index is 1330. The first-order valence-electron chi connectivity index (χ1n) is 12.2. The highest BCUT2D eigenvalue weighted by Gasteiger charge is 2.37. The zero-order chi connectivity index (χ0) is 26.4. The van der Waals surface area contributed by atoms with E-state index in [1.54, 1.807) is 23.5 Å². The van der Waals surface area contributed by atoms with Crippen molar-refractivity contribution >= 4 is 22.9 Å². The van der Waals surface area contributed by atoms with Crippen molar-refractivity contribution in [1.82, 2.24) is 29.4 Å². The van der Waals surface area contributed by atoms with Gasteiger partial charge < -0.3 is 14.5 Å². The molecule has 4 heterocycles. The van der Waals surface area contributed by atoms with Gasteiger partial charge in [-0.25, -0.2) is 24.7 Å². The Labute approximate surface area is 211 Å². The standard InChI is InChI=1S/C26H34N8O2/c1-16-13-33(24(35)36-26(6,7)8)17(2)12-32(16)21-20-19(25(3,4)5)14-34(22(20)30-15-29-21)23-28-10-9-18(11-27)31-23/h9-10,14-17H,12-13H2,1-8H3/t16?,17-/m0/s1. The molecule has 3 aromatic rings. The second-order valence-electron chi connectivity index (χ2n) is 11.4. The molecule has 0 spiro atoms. The van der Waals surface area contributed by atoms with Crippen molar-refractivity contribution in [2.75, 3.05) is 18.0 Å². The van der Waals surface area contributed by atoms with Gasteiger partial charge in [0.15, 0.2) is 5.65 Å². The molecule has 190 valence electrons. The van der Waals surface area contributed by atoms with Gasteiger partial charge in [0.1, 0.15) is 29.5 Å². The van der Waals surface area contributed by atoms with Crippen LogP contribution in [0.1, 0.15) is 66.6 Å². The van der Waals surface area contributed by atoms with Crippen molar-refractivity contribution < 1.29 is 9.53 Å². The van der Waals surface area contributed by atoms with Gasteiger partial charge in [-0.05, 0) is 51.7 Å². The SMILES string of the molecule is CC1CN(C(=O)OC(C)(C)C)[C@@H](C)CN1c1ncnc2c1c(C(C)(C)C)cn2-c1nccc(C#N)n1. The number of aromatic nitrogens is 5. The van der Waals surface area contributed by atoms with Gasteiger partial charge in [0.2, 0.25) is 5.95 Å². The summed E-state index contributed by atoms with van der Waals surface area (Å²) in [4.78, 5) is 35.0. The van der Waals surface area contributed by atoms with E-state index in [0.29, 0.717) is 24.7 Å². The van der Waals surface area contributed by atoms with Crippen LogP contribution in [0.5, 0.6) is 0 Å². The molecule has 10 nitrogen and oxygen atoms in total. The first kappa shape index (κ1) is 25.4. The quantitative estimate of drug-likeness (QED) is 0.525. The van der Waals surface area contributed by atoms with Crippen LogP contribution >= 0.6 is 0 Å². The summed E-state index contributed by atoms with van der Waals surface area (Å²) in [5.41, 5.74) is 1.24. The van der Waals surface area contributed by atoms with Gasteiger partial charge in [-0.3, -0.25) is 4.57 Å². The number of carbonyl (C=O) groups is 1. The van der Waals surface area contributed by atoms with Crippen LogP contribution in [0.3, 0.4) is 0 Å². The number of nitriles is 1. The fraction of sp³-hybridized carbons (Fsp3) is 0.538. The summed E-state index contributed by atoms with van der Waals surface area (Å²) in [6, 6.07) is 3.58. The molecule has 0 aliphatic carbocycles. The Morgan fingerprint density at radius 1 is 1.08 bits per heavy atom. The lowest BCUT2D eigenvalue weighted by Gasteiger charge is -2.45. The molecule has 1 aliphatic rings. The van der Waals surface area contributed by atoms with Gasteiger partial charge in [-0.1, -0.05) is 20.8 Å². The zero-order valence-electron chi connectivity index (χ0n) is 22.3. The molecule has 36 heavy (non-hydrogen) atoms. The average Bonchev–Trinajstić information content (AvgIpc) is 3.20. The van der Waals surface area contributed by atoms with Gasteiger partial charge in [0.25, 0.3) is 0 Å². The van der Waals surface area contributed by atoms with Crippen molar-refractivity contribution in [3.63, 3.8) is 0 Å². The average molecular weight is 491 g/mol. The molecule has 0 bridgehead atoms. The van der Waals surface area contributed by atoms with E-state index in [9.17, 15) is 10.1 Å². The molecule has 3 aromatic heterocycles. The van der Waals surface area contributed by atoms with Gasteiger partial charge in [0.05, 0.1) is 5.39 Å². The predicted molar refractivity (Wildman–Crippen MR) is 137 cm³/mol. The summed E-state index contributed by atoms with van der Waals surface area (Å²) in [7, 11) is 0. The topological polar surface area (TPSA) is 113 Å². The first-order chi connectivity index (χ1) is 16.8. The molecular formula is C26H34N8O2. The highest BCUT2D eigenvalue weighted by Crippen LogP contribution is 2.38. The molecule has 0 aromatic carbocycles. The van der Waals surface area contributed by atoms with Crippen molar-refractivity contribution in [1.29, 1.82) is 5.26 Å². The summed E-state index contributed by atoms with van der Waals surface area (Å²) in [6.45, 7) is 17.3. The second kappa shape index (κ2) is 9.04. The van der Waals surface area contributed by atoms with Crippen LogP contribution in [0, 0.1) is 11.3 Å². The van der Waals surface area contributed by atoms with E-state index < -0.39 is 5.60 Å². The highest BCUT2D eigenvalue weighted by atomic mass is 16.6. The van der Waals surface area contributed by atoms with E-state index in [0.717, 1.165) is 16.8 Å². The smallest absolute Gasteiger partial charge is 0.410 e. The molecular weight excluding hydrogens is 456 g/mol. The molecule has 0 N–H and O–H groups in total. The Kier molecular flexibility index (Phi) is 6.37. The van der Waals surface area contributed by atoms with Crippen molar-refractivity contribution in [2.24, 2.45) is 0 Å². The lowest BCUT2D eigenvalue weighted by Crippen LogP contribution is -2.59. The number of fused-ring (bicyclic) bond motifs is 1. The van der Waals surface area contributed by atoms with Gasteiger partial charge >= 0.3 is 6.09 Å². The summed E-state index contributed by atoms with van der Waals surface area (Å²) in [6.07, 6.45) is 4.81. The number of rotatable bonds is 2. The fourth-order valence-electron chi connectivity index (χ4n) is 4.51. The Morgan fingerprint density at radius 3 is 2.44 bits per heavy atom. The minimum Gasteiger partial charge on any atom is -0.444 e. The number of carbonyl (C=O) groups excluding carboxylic acids is 1. The largest absolute Gasteiger partial charge is 0.444 e. The first-order valence-corrected chi connectivity index (χ1v) is 12.2. The molecule has 1 amide bonds. The summed E-state index contributed by atoms with van der Waals surface area (Å²) in [5.74, 6) is 1.19. The molecule has 10 heteroatoms. The van der Waals surface area contributed by atoms with E-state index >= 15 is 0 Å². The minimum absolute atomic E-state index is 0.00107. The van der Waals surface area contributed by atoms with Crippen LogP contribution in [0.15, 0.2) is 24.8 Å². The Hall–Kier alpha value is -3.74. The third-order valence-electron chi connectivity index (χ3n) is 6.23. The van der Waals surface area contributed by atoms with E-state index in [2.05, 4.69) is 53.6 Å².